The molecule has 0 fully saturated rings. The summed E-state index contributed by atoms with van der Waals surface area (Å²) >= 11 is 0. The highest BCUT2D eigenvalue weighted by Crippen LogP contribution is 2.07. The SMILES string of the molecule is CCCCn1ccnc1-n1cccc1. The van der Waals surface area contributed by atoms with Crippen LogP contribution in [0.25, 0.3) is 5.95 Å². The van der Waals surface area contributed by atoms with Gasteiger partial charge < -0.3 is 4.57 Å². The van der Waals surface area contributed by atoms with E-state index in [1.54, 1.807) is 0 Å². The third-order valence-electron chi connectivity index (χ3n) is 2.28. The van der Waals surface area contributed by atoms with Crippen LogP contribution in [-0.4, -0.2) is 14.1 Å². The Morgan fingerprint density at radius 1 is 1.21 bits per heavy atom. The molecule has 0 bridgehead atoms. The fourth-order valence-electron chi connectivity index (χ4n) is 1.51. The van der Waals surface area contributed by atoms with Crippen LogP contribution in [-0.2, 0) is 6.54 Å². The van der Waals surface area contributed by atoms with Crippen LogP contribution in [0.1, 0.15) is 19.8 Å². The summed E-state index contributed by atoms with van der Waals surface area (Å²) < 4.78 is 4.22. The average Bonchev–Trinajstić information content (AvgIpc) is 2.84. The molecule has 0 atom stereocenters. The Labute approximate surface area is 84.0 Å². The maximum atomic E-state index is 4.34. The van der Waals surface area contributed by atoms with Crippen LogP contribution in [0.15, 0.2) is 36.9 Å². The van der Waals surface area contributed by atoms with Crippen LogP contribution in [0.3, 0.4) is 0 Å². The van der Waals surface area contributed by atoms with Crippen molar-refractivity contribution in [2.45, 2.75) is 26.3 Å². The predicted molar refractivity (Wildman–Crippen MR) is 56.5 cm³/mol. The quantitative estimate of drug-likeness (QED) is 0.724. The van der Waals surface area contributed by atoms with Gasteiger partial charge in [0.05, 0.1) is 0 Å². The fourth-order valence-corrected chi connectivity index (χ4v) is 1.51. The Kier molecular flexibility index (Phi) is 2.68. The monoisotopic (exact) mass is 189 g/mol. The normalized spacial score (nSPS) is 10.6. The van der Waals surface area contributed by atoms with Crippen molar-refractivity contribution in [3.63, 3.8) is 0 Å². The lowest BCUT2D eigenvalue weighted by atomic mass is 10.3. The zero-order valence-electron chi connectivity index (χ0n) is 8.43. The van der Waals surface area contributed by atoms with Crippen LogP contribution in [0.5, 0.6) is 0 Å². The second-order valence-corrected chi connectivity index (χ2v) is 3.36. The fraction of sp³-hybridized carbons (Fsp3) is 0.364. The van der Waals surface area contributed by atoms with Crippen LogP contribution in [0.4, 0.5) is 0 Å². The van der Waals surface area contributed by atoms with Crippen molar-refractivity contribution >= 4 is 0 Å². The molecule has 0 saturated carbocycles. The van der Waals surface area contributed by atoms with Gasteiger partial charge in [-0.2, -0.15) is 0 Å². The minimum absolute atomic E-state index is 1.00. The number of rotatable bonds is 4. The summed E-state index contributed by atoms with van der Waals surface area (Å²) in [6.45, 7) is 3.25. The first-order valence-corrected chi connectivity index (χ1v) is 5.06. The van der Waals surface area contributed by atoms with E-state index in [9.17, 15) is 0 Å². The van der Waals surface area contributed by atoms with Gasteiger partial charge in [0.15, 0.2) is 0 Å². The van der Waals surface area contributed by atoms with Crippen molar-refractivity contribution in [1.29, 1.82) is 0 Å². The van der Waals surface area contributed by atoms with E-state index in [4.69, 9.17) is 0 Å². The van der Waals surface area contributed by atoms with Crippen molar-refractivity contribution in [3.8, 4) is 5.95 Å². The van der Waals surface area contributed by atoms with Crippen molar-refractivity contribution in [1.82, 2.24) is 14.1 Å². The van der Waals surface area contributed by atoms with Gasteiger partial charge in [-0.1, -0.05) is 13.3 Å². The zero-order chi connectivity index (χ0) is 9.80. The molecule has 0 saturated heterocycles. The molecule has 0 aliphatic heterocycles. The smallest absolute Gasteiger partial charge is 0.213 e. The summed E-state index contributed by atoms with van der Waals surface area (Å²) in [6.07, 6.45) is 10.3. The summed E-state index contributed by atoms with van der Waals surface area (Å²) in [5, 5.41) is 0. The zero-order valence-corrected chi connectivity index (χ0v) is 8.43. The molecule has 0 N–H and O–H groups in total. The minimum atomic E-state index is 1.00. The second kappa shape index (κ2) is 4.13. The first kappa shape index (κ1) is 9.06. The molecule has 0 amide bonds. The van der Waals surface area contributed by atoms with Gasteiger partial charge in [0.2, 0.25) is 5.95 Å². The summed E-state index contributed by atoms with van der Waals surface area (Å²) in [4.78, 5) is 4.34. The molecule has 74 valence electrons. The van der Waals surface area contributed by atoms with Crippen molar-refractivity contribution in [3.05, 3.63) is 36.9 Å². The Morgan fingerprint density at radius 2 is 2.00 bits per heavy atom. The van der Waals surface area contributed by atoms with Crippen molar-refractivity contribution in [2.75, 3.05) is 0 Å². The summed E-state index contributed by atoms with van der Waals surface area (Å²) in [6, 6.07) is 4.03. The lowest BCUT2D eigenvalue weighted by molar-refractivity contribution is 0.616. The third kappa shape index (κ3) is 1.71. The Bertz CT molecular complexity index is 373. The number of imidazole rings is 1. The number of aromatic nitrogens is 3. The average molecular weight is 189 g/mol. The molecular formula is C11H15N3. The molecule has 3 heteroatoms. The lowest BCUT2D eigenvalue weighted by Gasteiger charge is -2.06. The van der Waals surface area contributed by atoms with E-state index in [0.29, 0.717) is 0 Å². The summed E-state index contributed by atoms with van der Waals surface area (Å²) in [7, 11) is 0. The van der Waals surface area contributed by atoms with E-state index in [2.05, 4.69) is 16.5 Å². The van der Waals surface area contributed by atoms with Gasteiger partial charge >= 0.3 is 0 Å². The molecular weight excluding hydrogens is 174 g/mol. The Morgan fingerprint density at radius 3 is 2.71 bits per heavy atom. The molecule has 0 unspecified atom stereocenters. The molecule has 0 radical (unpaired) electrons. The molecule has 2 heterocycles. The number of hydrogen-bond acceptors (Lipinski definition) is 1. The van der Waals surface area contributed by atoms with Crippen molar-refractivity contribution < 1.29 is 0 Å². The lowest BCUT2D eigenvalue weighted by Crippen LogP contribution is -2.04. The molecule has 3 nitrogen and oxygen atoms in total. The molecule has 0 aromatic carbocycles. The molecule has 14 heavy (non-hydrogen) atoms. The Balaban J connectivity index is 2.22. The molecule has 2 rings (SSSR count). The van der Waals surface area contributed by atoms with Crippen LogP contribution in [0, 0.1) is 0 Å². The van der Waals surface area contributed by atoms with E-state index in [1.165, 1.54) is 12.8 Å². The van der Waals surface area contributed by atoms with E-state index in [-0.39, 0.29) is 0 Å². The largest absolute Gasteiger partial charge is 0.317 e. The third-order valence-corrected chi connectivity index (χ3v) is 2.28. The van der Waals surface area contributed by atoms with Gasteiger partial charge in [-0.05, 0) is 18.6 Å². The van der Waals surface area contributed by atoms with Crippen LogP contribution in [0.2, 0.25) is 0 Å². The highest BCUT2D eigenvalue weighted by molar-refractivity contribution is 5.15. The van der Waals surface area contributed by atoms with E-state index < -0.39 is 0 Å². The first-order valence-electron chi connectivity index (χ1n) is 5.06. The van der Waals surface area contributed by atoms with Crippen molar-refractivity contribution in [2.24, 2.45) is 0 Å². The maximum Gasteiger partial charge on any atom is 0.213 e. The number of aryl methyl sites for hydroxylation is 1. The highest BCUT2D eigenvalue weighted by atomic mass is 15.2. The number of unbranched alkanes of at least 4 members (excludes halogenated alkanes) is 1. The van der Waals surface area contributed by atoms with Gasteiger partial charge in [0, 0.05) is 31.3 Å². The molecule has 2 aromatic heterocycles. The van der Waals surface area contributed by atoms with Gasteiger partial charge in [-0.25, -0.2) is 4.98 Å². The van der Waals surface area contributed by atoms with Crippen LogP contribution < -0.4 is 0 Å². The van der Waals surface area contributed by atoms with Gasteiger partial charge in [0.25, 0.3) is 0 Å². The molecule has 0 aliphatic carbocycles. The second-order valence-electron chi connectivity index (χ2n) is 3.36. The topological polar surface area (TPSA) is 22.8 Å². The van der Waals surface area contributed by atoms with Gasteiger partial charge in [0.1, 0.15) is 0 Å². The Hall–Kier alpha value is -1.51. The molecule has 0 spiro atoms. The van der Waals surface area contributed by atoms with E-state index >= 15 is 0 Å². The molecule has 0 aliphatic rings. The molecule has 2 aromatic rings. The summed E-state index contributed by atoms with van der Waals surface area (Å²) in [5.74, 6) is 1.00. The number of hydrogen-bond donors (Lipinski definition) is 0. The predicted octanol–water partition coefficient (Wildman–Crippen LogP) is 2.47. The minimum Gasteiger partial charge on any atom is -0.317 e. The standard InChI is InChI=1S/C11H15N3/c1-2-3-7-14-10-6-12-11(14)13-8-4-5-9-13/h4-6,8-10H,2-3,7H2,1H3. The van der Waals surface area contributed by atoms with Crippen LogP contribution >= 0.6 is 0 Å². The van der Waals surface area contributed by atoms with Gasteiger partial charge in [-0.15, -0.1) is 0 Å². The number of nitrogens with zero attached hydrogens (tertiary/aromatic N) is 3. The van der Waals surface area contributed by atoms with E-state index in [1.807, 2.05) is 41.5 Å². The van der Waals surface area contributed by atoms with Gasteiger partial charge in [-0.3, -0.25) is 4.57 Å². The first-order chi connectivity index (χ1) is 6.92. The van der Waals surface area contributed by atoms with E-state index in [0.717, 1.165) is 12.5 Å². The highest BCUT2D eigenvalue weighted by Gasteiger charge is 2.02. The maximum absolute atomic E-state index is 4.34. The summed E-state index contributed by atoms with van der Waals surface area (Å²) in [5.41, 5.74) is 0.